The quantitative estimate of drug-likeness (QED) is 0.641. The Bertz CT molecular complexity index is 702. The minimum absolute atomic E-state index is 0.0698. The molecule has 2 saturated heterocycles. The van der Waals surface area contributed by atoms with Crippen LogP contribution >= 0.6 is 0 Å². The molecule has 0 spiro atoms. The molecule has 8 nitrogen and oxygen atoms in total. The molecule has 4 heterocycles. The highest BCUT2D eigenvalue weighted by atomic mass is 16.4. The van der Waals surface area contributed by atoms with Crippen LogP contribution < -0.4 is 16.0 Å². The molecule has 3 aliphatic heterocycles. The van der Waals surface area contributed by atoms with E-state index in [0.717, 1.165) is 37.0 Å². The number of hydrogen-bond acceptors (Lipinski definition) is 6. The van der Waals surface area contributed by atoms with Crippen molar-refractivity contribution in [3.05, 3.63) is 17.1 Å². The van der Waals surface area contributed by atoms with E-state index < -0.39 is 5.97 Å². The zero-order valence-corrected chi connectivity index (χ0v) is 15.5. The lowest BCUT2D eigenvalue weighted by atomic mass is 9.95. The molecule has 3 atom stereocenters. The Morgan fingerprint density at radius 3 is 2.62 bits per heavy atom. The van der Waals surface area contributed by atoms with Crippen LogP contribution in [0.3, 0.4) is 0 Å². The maximum atomic E-state index is 12.1. The summed E-state index contributed by atoms with van der Waals surface area (Å²) in [4.78, 5) is 30.4. The largest absolute Gasteiger partial charge is 0.481 e. The molecule has 1 aromatic rings. The maximum absolute atomic E-state index is 12.1. The van der Waals surface area contributed by atoms with Crippen LogP contribution in [0, 0.1) is 0 Å². The second-order valence-corrected chi connectivity index (χ2v) is 7.47. The highest BCUT2D eigenvalue weighted by molar-refractivity contribution is 5.96. The molecule has 3 aliphatic rings. The first-order valence-corrected chi connectivity index (χ1v) is 9.26. The molecule has 2 bridgehead atoms. The van der Waals surface area contributed by atoms with Crippen LogP contribution in [-0.2, 0) is 11.2 Å². The topological polar surface area (TPSA) is 116 Å². The number of amides is 1. The fourth-order valence-corrected chi connectivity index (χ4v) is 3.85. The average molecular weight is 361 g/mol. The standard InChI is InChI=1S/C16H23N5O.C2H4O2/c1-8(2)14-20-13-10(5-6-17-16(13)22)15(21-14)19-12-7-9-3-4-11(12)18-9;1-2(3)4/h8-9,11-12,18H,3-7H2,1-2H3,(H,17,22)(H,19,20,21);1H3,(H,3,4)/t9-,11+,12+;/m1./s1. The van der Waals surface area contributed by atoms with Gasteiger partial charge in [0.2, 0.25) is 0 Å². The maximum Gasteiger partial charge on any atom is 0.300 e. The fourth-order valence-electron chi connectivity index (χ4n) is 3.85. The second-order valence-electron chi connectivity index (χ2n) is 7.47. The summed E-state index contributed by atoms with van der Waals surface area (Å²) in [5.41, 5.74) is 1.54. The van der Waals surface area contributed by atoms with Gasteiger partial charge in [-0.2, -0.15) is 0 Å². The number of aliphatic carboxylic acids is 1. The van der Waals surface area contributed by atoms with E-state index in [4.69, 9.17) is 14.9 Å². The van der Waals surface area contributed by atoms with Gasteiger partial charge in [-0.25, -0.2) is 9.97 Å². The van der Waals surface area contributed by atoms with Crippen molar-refractivity contribution < 1.29 is 14.7 Å². The lowest BCUT2D eigenvalue weighted by molar-refractivity contribution is -0.134. The normalized spacial score (nSPS) is 26.0. The monoisotopic (exact) mass is 361 g/mol. The third kappa shape index (κ3) is 3.95. The Balaban J connectivity index is 0.000000447. The van der Waals surface area contributed by atoms with Gasteiger partial charge in [0.15, 0.2) is 0 Å². The van der Waals surface area contributed by atoms with Gasteiger partial charge in [0.05, 0.1) is 0 Å². The van der Waals surface area contributed by atoms with Crippen LogP contribution in [-0.4, -0.2) is 51.6 Å². The van der Waals surface area contributed by atoms with Gasteiger partial charge in [0.25, 0.3) is 11.9 Å². The van der Waals surface area contributed by atoms with Crippen molar-refractivity contribution >= 4 is 17.7 Å². The number of hydrogen-bond donors (Lipinski definition) is 4. The van der Waals surface area contributed by atoms with E-state index in [0.29, 0.717) is 30.4 Å². The molecule has 0 unspecified atom stereocenters. The Hall–Kier alpha value is -2.22. The molecule has 0 aromatic carbocycles. The molecule has 0 saturated carbocycles. The van der Waals surface area contributed by atoms with Gasteiger partial charge in [-0.3, -0.25) is 9.59 Å². The van der Waals surface area contributed by atoms with Crippen molar-refractivity contribution in [3.8, 4) is 0 Å². The summed E-state index contributed by atoms with van der Waals surface area (Å²) in [6.45, 7) is 5.87. The SMILES string of the molecule is CC(=O)O.CC(C)c1nc(N[C@H]2C[C@H]3CC[C@@H]2N3)c2c(n1)C(=O)NCC2. The van der Waals surface area contributed by atoms with E-state index in [1.807, 2.05) is 0 Å². The smallest absolute Gasteiger partial charge is 0.300 e. The third-order valence-electron chi connectivity index (χ3n) is 5.04. The number of carbonyl (C=O) groups is 2. The van der Waals surface area contributed by atoms with E-state index in [1.165, 1.54) is 12.8 Å². The number of nitrogens with zero attached hydrogens (tertiary/aromatic N) is 2. The average Bonchev–Trinajstić information content (AvgIpc) is 3.17. The van der Waals surface area contributed by atoms with Gasteiger partial charge < -0.3 is 21.1 Å². The first-order chi connectivity index (χ1) is 12.3. The second kappa shape index (κ2) is 7.57. The first-order valence-electron chi connectivity index (χ1n) is 9.26. The molecule has 142 valence electrons. The molecule has 1 aromatic heterocycles. The van der Waals surface area contributed by atoms with Gasteiger partial charge in [0.1, 0.15) is 17.3 Å². The molecule has 4 N–H and O–H groups in total. The van der Waals surface area contributed by atoms with Crippen LogP contribution in [0.25, 0.3) is 0 Å². The van der Waals surface area contributed by atoms with Crippen molar-refractivity contribution in [1.82, 2.24) is 20.6 Å². The highest BCUT2D eigenvalue weighted by Gasteiger charge is 2.39. The van der Waals surface area contributed by atoms with Crippen LogP contribution in [0.2, 0.25) is 0 Å². The summed E-state index contributed by atoms with van der Waals surface area (Å²) >= 11 is 0. The molecule has 2 fully saturated rings. The molecule has 1 amide bonds. The van der Waals surface area contributed by atoms with Crippen LogP contribution in [0.15, 0.2) is 0 Å². The lowest BCUT2D eigenvalue weighted by Crippen LogP contribution is -2.37. The number of fused-ring (bicyclic) bond motifs is 3. The Kier molecular flexibility index (Phi) is 5.41. The number of carbonyl (C=O) groups excluding carboxylic acids is 1. The molecular weight excluding hydrogens is 334 g/mol. The summed E-state index contributed by atoms with van der Waals surface area (Å²) in [5, 5.41) is 17.6. The molecule has 0 aliphatic carbocycles. The molecule has 26 heavy (non-hydrogen) atoms. The van der Waals surface area contributed by atoms with Gasteiger partial charge >= 0.3 is 0 Å². The summed E-state index contributed by atoms with van der Waals surface area (Å²) in [7, 11) is 0. The number of nitrogens with one attached hydrogen (secondary N) is 3. The minimum Gasteiger partial charge on any atom is -0.481 e. The zero-order chi connectivity index (χ0) is 18.8. The van der Waals surface area contributed by atoms with Gasteiger partial charge in [-0.05, 0) is 25.7 Å². The number of rotatable bonds is 3. The van der Waals surface area contributed by atoms with Gasteiger partial charge in [-0.1, -0.05) is 13.8 Å². The van der Waals surface area contributed by atoms with Crippen LogP contribution in [0.1, 0.15) is 67.8 Å². The number of aromatic nitrogens is 2. The summed E-state index contributed by atoms with van der Waals surface area (Å²) in [6.07, 6.45) is 4.46. The Labute approximate surface area is 153 Å². The number of anilines is 1. The molecule has 0 radical (unpaired) electrons. The van der Waals surface area contributed by atoms with Crippen molar-refractivity contribution in [2.75, 3.05) is 11.9 Å². The van der Waals surface area contributed by atoms with Crippen LogP contribution in [0.5, 0.6) is 0 Å². The summed E-state index contributed by atoms with van der Waals surface area (Å²) in [6, 6.07) is 1.60. The predicted molar refractivity (Wildman–Crippen MR) is 97.4 cm³/mol. The lowest BCUT2D eigenvalue weighted by Gasteiger charge is -2.26. The molecule has 4 rings (SSSR count). The van der Waals surface area contributed by atoms with Crippen molar-refractivity contribution in [3.63, 3.8) is 0 Å². The minimum atomic E-state index is -0.833. The number of carboxylic acids is 1. The Morgan fingerprint density at radius 1 is 1.31 bits per heavy atom. The van der Waals surface area contributed by atoms with Crippen molar-refractivity contribution in [1.29, 1.82) is 0 Å². The zero-order valence-electron chi connectivity index (χ0n) is 15.5. The van der Waals surface area contributed by atoms with E-state index in [1.54, 1.807) is 0 Å². The van der Waals surface area contributed by atoms with E-state index >= 15 is 0 Å². The molecule has 8 heteroatoms. The van der Waals surface area contributed by atoms with Crippen LogP contribution in [0.4, 0.5) is 5.82 Å². The third-order valence-corrected chi connectivity index (χ3v) is 5.04. The Morgan fingerprint density at radius 2 is 2.04 bits per heavy atom. The van der Waals surface area contributed by atoms with E-state index in [9.17, 15) is 4.79 Å². The fraction of sp³-hybridized carbons (Fsp3) is 0.667. The summed E-state index contributed by atoms with van der Waals surface area (Å²) < 4.78 is 0. The van der Waals surface area contributed by atoms with E-state index in [2.05, 4.69) is 34.8 Å². The first kappa shape index (κ1) is 18.6. The van der Waals surface area contributed by atoms with Gasteiger partial charge in [0, 0.05) is 43.1 Å². The molecular formula is C18H27N5O3. The van der Waals surface area contributed by atoms with E-state index in [-0.39, 0.29) is 11.8 Å². The van der Waals surface area contributed by atoms with Crippen molar-refractivity contribution in [2.24, 2.45) is 0 Å². The predicted octanol–water partition coefficient (Wildman–Crippen LogP) is 1.28. The summed E-state index contributed by atoms with van der Waals surface area (Å²) in [5.74, 6) is 0.927. The number of carboxylic acid groups (broad SMARTS) is 1. The van der Waals surface area contributed by atoms with Crippen molar-refractivity contribution in [2.45, 2.75) is 70.5 Å². The highest BCUT2D eigenvalue weighted by Crippen LogP contribution is 2.32. The van der Waals surface area contributed by atoms with Gasteiger partial charge in [-0.15, -0.1) is 0 Å².